The Morgan fingerprint density at radius 3 is 2.40 bits per heavy atom. The first-order chi connectivity index (χ1) is 11.9. The summed E-state index contributed by atoms with van der Waals surface area (Å²) < 4.78 is 41.8. The highest BCUT2D eigenvalue weighted by atomic mass is 35.5. The molecule has 1 aromatic heterocycles. The van der Waals surface area contributed by atoms with Crippen molar-refractivity contribution >= 4 is 17.4 Å². The minimum atomic E-state index is -1.16. The summed E-state index contributed by atoms with van der Waals surface area (Å²) in [7, 11) is 1.37. The van der Waals surface area contributed by atoms with Gasteiger partial charge in [-0.25, -0.2) is 23.2 Å². The van der Waals surface area contributed by atoms with Gasteiger partial charge in [0.2, 0.25) is 5.82 Å². The Morgan fingerprint density at radius 2 is 1.88 bits per heavy atom. The van der Waals surface area contributed by atoms with Gasteiger partial charge in [-0.2, -0.15) is 10.2 Å². The molecule has 1 aromatic carbocycles. The molecule has 0 spiro atoms. The van der Waals surface area contributed by atoms with E-state index in [2.05, 4.69) is 9.97 Å². The predicted octanol–water partition coefficient (Wildman–Crippen LogP) is 3.86. The van der Waals surface area contributed by atoms with Crippen molar-refractivity contribution in [2.75, 3.05) is 18.7 Å². The largest absolute Gasteiger partial charge is 0.275 e. The zero-order chi connectivity index (χ0) is 18.1. The van der Waals surface area contributed by atoms with Crippen LogP contribution in [0.5, 0.6) is 0 Å². The Morgan fingerprint density at radius 1 is 1.24 bits per heavy atom. The molecule has 0 N–H and O–H groups in total. The summed E-state index contributed by atoms with van der Waals surface area (Å²) >= 11 is 6.07. The number of rotatable bonds is 5. The molecule has 2 aromatic rings. The Hall–Kier alpha value is -2.37. The predicted molar refractivity (Wildman–Crippen MR) is 84.1 cm³/mol. The maximum Gasteiger partial charge on any atom is 0.235 e. The molecule has 5 nitrogen and oxygen atoms in total. The first kappa shape index (κ1) is 17.5. The second-order valence-electron chi connectivity index (χ2n) is 5.58. The van der Waals surface area contributed by atoms with E-state index in [0.29, 0.717) is 24.6 Å². The highest BCUT2D eigenvalue weighted by molar-refractivity contribution is 6.32. The first-order valence-corrected chi connectivity index (χ1v) is 7.76. The van der Waals surface area contributed by atoms with Crippen molar-refractivity contribution in [2.45, 2.75) is 12.8 Å². The fraction of sp³-hybridized carbons (Fsp3) is 0.312. The van der Waals surface area contributed by atoms with Gasteiger partial charge in [-0.1, -0.05) is 11.6 Å². The van der Waals surface area contributed by atoms with Gasteiger partial charge in [0.05, 0.1) is 24.8 Å². The Kier molecular flexibility index (Phi) is 4.79. The number of nitrogens with zero attached hydrogens (tertiary/aromatic N) is 4. The topological polar surface area (TPSA) is 62.0 Å². The molecule has 1 aliphatic rings. The van der Waals surface area contributed by atoms with Crippen LogP contribution in [0.15, 0.2) is 12.1 Å². The number of halogens is 4. The van der Waals surface area contributed by atoms with Gasteiger partial charge in [0, 0.05) is 12.1 Å². The molecule has 0 saturated heterocycles. The van der Waals surface area contributed by atoms with E-state index in [9.17, 15) is 13.2 Å². The molecule has 25 heavy (non-hydrogen) atoms. The lowest BCUT2D eigenvalue weighted by atomic mass is 10.1. The standard InChI is InChI=1S/C16H12ClF3N4O/c1-25-24(7-8-2-3-8)16-14(15(17)22-12(6-21)23-16)13-10(19)4-9(18)5-11(13)20/h4-5,8H,2-3,7H2,1H3. The molecule has 1 heterocycles. The third-order valence-corrected chi connectivity index (χ3v) is 4.05. The molecule has 0 unspecified atom stereocenters. The maximum atomic E-state index is 14.3. The number of aromatic nitrogens is 2. The van der Waals surface area contributed by atoms with E-state index in [1.165, 1.54) is 12.2 Å². The van der Waals surface area contributed by atoms with Crippen molar-refractivity contribution in [1.82, 2.24) is 9.97 Å². The van der Waals surface area contributed by atoms with E-state index in [-0.39, 0.29) is 22.4 Å². The quantitative estimate of drug-likeness (QED) is 0.592. The van der Waals surface area contributed by atoms with Gasteiger partial charge in [0.15, 0.2) is 5.82 Å². The van der Waals surface area contributed by atoms with Gasteiger partial charge in [0.25, 0.3) is 0 Å². The summed E-state index contributed by atoms with van der Waals surface area (Å²) in [4.78, 5) is 13.0. The van der Waals surface area contributed by atoms with Crippen molar-refractivity contribution in [3.05, 3.63) is 40.6 Å². The molecule has 0 atom stereocenters. The van der Waals surface area contributed by atoms with Crippen molar-refractivity contribution in [3.63, 3.8) is 0 Å². The molecule has 3 rings (SSSR count). The van der Waals surface area contributed by atoms with Crippen LogP contribution in [0.4, 0.5) is 19.0 Å². The van der Waals surface area contributed by atoms with Crippen LogP contribution in [0.25, 0.3) is 11.1 Å². The highest BCUT2D eigenvalue weighted by Gasteiger charge is 2.30. The summed E-state index contributed by atoms with van der Waals surface area (Å²) in [6.07, 6.45) is 1.97. The second-order valence-corrected chi connectivity index (χ2v) is 5.94. The number of hydrogen-bond donors (Lipinski definition) is 0. The second kappa shape index (κ2) is 6.86. The van der Waals surface area contributed by atoms with Crippen LogP contribution in [0.2, 0.25) is 5.15 Å². The van der Waals surface area contributed by atoms with Gasteiger partial charge in [-0.3, -0.25) is 4.84 Å². The lowest BCUT2D eigenvalue weighted by Gasteiger charge is -2.24. The van der Waals surface area contributed by atoms with Crippen LogP contribution in [-0.2, 0) is 4.84 Å². The summed E-state index contributed by atoms with van der Waals surface area (Å²) in [5, 5.41) is 10.0. The van der Waals surface area contributed by atoms with E-state index in [0.717, 1.165) is 12.8 Å². The fourth-order valence-electron chi connectivity index (χ4n) is 2.43. The molecule has 1 fully saturated rings. The lowest BCUT2D eigenvalue weighted by Crippen LogP contribution is -2.26. The van der Waals surface area contributed by atoms with Crippen molar-refractivity contribution in [3.8, 4) is 17.2 Å². The van der Waals surface area contributed by atoms with Crippen LogP contribution in [0.3, 0.4) is 0 Å². The van der Waals surface area contributed by atoms with Crippen LogP contribution in [-0.4, -0.2) is 23.6 Å². The normalized spacial score (nSPS) is 13.6. The van der Waals surface area contributed by atoms with Crippen molar-refractivity contribution < 1.29 is 18.0 Å². The van der Waals surface area contributed by atoms with Gasteiger partial charge in [-0.05, 0) is 18.8 Å². The number of nitriles is 1. The van der Waals surface area contributed by atoms with E-state index in [4.69, 9.17) is 21.7 Å². The summed E-state index contributed by atoms with van der Waals surface area (Å²) in [6, 6.07) is 2.81. The molecule has 9 heteroatoms. The Bertz CT molecular complexity index is 844. The summed E-state index contributed by atoms with van der Waals surface area (Å²) in [6.45, 7) is 0.409. The zero-order valence-corrected chi connectivity index (χ0v) is 13.8. The third kappa shape index (κ3) is 3.52. The average Bonchev–Trinajstić information content (AvgIpc) is 3.37. The maximum absolute atomic E-state index is 14.3. The van der Waals surface area contributed by atoms with Gasteiger partial charge in [-0.15, -0.1) is 0 Å². The molecule has 0 bridgehead atoms. The van der Waals surface area contributed by atoms with Crippen LogP contribution in [0, 0.1) is 34.7 Å². The van der Waals surface area contributed by atoms with E-state index in [1.54, 1.807) is 6.07 Å². The lowest BCUT2D eigenvalue weighted by molar-refractivity contribution is 0.161. The van der Waals surface area contributed by atoms with E-state index >= 15 is 0 Å². The highest BCUT2D eigenvalue weighted by Crippen LogP contribution is 2.40. The van der Waals surface area contributed by atoms with Crippen molar-refractivity contribution in [2.24, 2.45) is 5.92 Å². The molecule has 1 aliphatic carbocycles. The molecule has 0 aliphatic heterocycles. The van der Waals surface area contributed by atoms with Gasteiger partial charge >= 0.3 is 0 Å². The molecule has 130 valence electrons. The molecular formula is C16H12ClF3N4O. The number of hydrogen-bond acceptors (Lipinski definition) is 5. The molecule has 1 saturated carbocycles. The zero-order valence-electron chi connectivity index (χ0n) is 13.1. The third-order valence-electron chi connectivity index (χ3n) is 3.78. The summed E-state index contributed by atoms with van der Waals surface area (Å²) in [5.74, 6) is -3.35. The minimum Gasteiger partial charge on any atom is -0.275 e. The van der Waals surface area contributed by atoms with Gasteiger partial charge in [0.1, 0.15) is 28.7 Å². The van der Waals surface area contributed by atoms with Gasteiger partial charge < -0.3 is 0 Å². The van der Waals surface area contributed by atoms with E-state index < -0.39 is 23.0 Å². The molecule has 0 radical (unpaired) electrons. The van der Waals surface area contributed by atoms with Crippen LogP contribution in [0.1, 0.15) is 18.7 Å². The smallest absolute Gasteiger partial charge is 0.235 e. The van der Waals surface area contributed by atoms with E-state index in [1.807, 2.05) is 0 Å². The first-order valence-electron chi connectivity index (χ1n) is 7.38. The van der Waals surface area contributed by atoms with Crippen molar-refractivity contribution in [1.29, 1.82) is 5.26 Å². The fourth-order valence-corrected chi connectivity index (χ4v) is 2.69. The monoisotopic (exact) mass is 368 g/mol. The number of anilines is 1. The minimum absolute atomic E-state index is 0.0460. The SMILES string of the molecule is CON(CC1CC1)c1nc(C#N)nc(Cl)c1-c1c(F)cc(F)cc1F. The average molecular weight is 369 g/mol. The Labute approximate surface area is 146 Å². The Balaban J connectivity index is 2.23. The van der Waals surface area contributed by atoms with Crippen LogP contribution >= 0.6 is 11.6 Å². The number of benzene rings is 1. The molecular weight excluding hydrogens is 357 g/mol. The van der Waals surface area contributed by atoms with Crippen LogP contribution < -0.4 is 5.06 Å². The molecule has 0 amide bonds. The summed E-state index contributed by atoms with van der Waals surface area (Å²) in [5.41, 5.74) is -0.776. The number of hydroxylamine groups is 1.